The van der Waals surface area contributed by atoms with Crippen LogP contribution in [0.5, 0.6) is 0 Å². The molecule has 2 aliphatic heterocycles. The number of aromatic nitrogens is 2. The number of pyridine rings is 2. The summed E-state index contributed by atoms with van der Waals surface area (Å²) in [5.41, 5.74) is 10.4. The Balaban J connectivity index is 1.42. The number of rotatable bonds is 9. The molecule has 9 heteroatoms. The number of morpholine rings is 1. The maximum atomic E-state index is 12.4. The molecule has 0 aliphatic carbocycles. The minimum Gasteiger partial charge on any atom is -0.382 e. The summed E-state index contributed by atoms with van der Waals surface area (Å²) < 4.78 is 10.9. The first kappa shape index (κ1) is 22.4. The lowest BCUT2D eigenvalue weighted by molar-refractivity contribution is -0.135. The van der Waals surface area contributed by atoms with Crippen LogP contribution in [0.2, 0.25) is 0 Å². The maximum Gasteiger partial charge on any atom is 0.222 e. The highest BCUT2D eigenvalue weighted by atomic mass is 16.5. The summed E-state index contributed by atoms with van der Waals surface area (Å²) >= 11 is 0. The number of unbranched alkanes of at least 4 members (excludes halogenated alkanes) is 2. The number of aliphatic imine (C=N–C) groups is 1. The van der Waals surface area contributed by atoms with Gasteiger partial charge >= 0.3 is 0 Å². The molecule has 2 aromatic heterocycles. The summed E-state index contributed by atoms with van der Waals surface area (Å²) in [6.45, 7) is 7.30. The second-order valence-electron chi connectivity index (χ2n) is 8.11. The highest BCUT2D eigenvalue weighted by molar-refractivity contribution is 6.06. The smallest absolute Gasteiger partial charge is 0.222 e. The molecular weight excluding hydrogens is 408 g/mol. The topological polar surface area (TPSA) is 106 Å². The molecule has 9 nitrogen and oxygen atoms in total. The third-order valence-electron chi connectivity index (χ3n) is 5.83. The standard InChI is InChI=1S/C23H32N6O3/c1-2-31-16-17-15-29(10-5-3-4-8-19(30)28-11-13-32-14-12-28)22-20-18(7-6-9-25-20)27-23(24)21(22)26-17/h6-7,9H,2-5,8,10-16H2,1H3,(H2,24,27). The molecule has 0 aromatic carbocycles. The molecule has 2 aromatic rings. The van der Waals surface area contributed by atoms with E-state index in [0.717, 1.165) is 48.2 Å². The molecular formula is C23H32N6O3. The van der Waals surface area contributed by atoms with Crippen LogP contribution >= 0.6 is 0 Å². The first-order chi connectivity index (χ1) is 15.7. The van der Waals surface area contributed by atoms with Crippen LogP contribution in [0.25, 0.3) is 11.0 Å². The van der Waals surface area contributed by atoms with Gasteiger partial charge in [-0.15, -0.1) is 0 Å². The van der Waals surface area contributed by atoms with Crippen LogP contribution < -0.4 is 10.6 Å². The van der Waals surface area contributed by atoms with Gasteiger partial charge in [-0.3, -0.25) is 9.78 Å². The van der Waals surface area contributed by atoms with Gasteiger partial charge in [-0.05, 0) is 31.9 Å². The van der Waals surface area contributed by atoms with Crippen LogP contribution in [0.4, 0.5) is 17.2 Å². The first-order valence-corrected chi connectivity index (χ1v) is 11.5. The molecule has 2 aliphatic rings. The highest BCUT2D eigenvalue weighted by Crippen LogP contribution is 2.41. The molecule has 4 heterocycles. The Labute approximate surface area is 188 Å². The largest absolute Gasteiger partial charge is 0.382 e. The van der Waals surface area contributed by atoms with Crippen LogP contribution in [-0.2, 0) is 14.3 Å². The predicted molar refractivity (Wildman–Crippen MR) is 126 cm³/mol. The van der Waals surface area contributed by atoms with Gasteiger partial charge in [0.25, 0.3) is 0 Å². The highest BCUT2D eigenvalue weighted by Gasteiger charge is 2.25. The van der Waals surface area contributed by atoms with Crippen LogP contribution in [0.3, 0.4) is 0 Å². The summed E-state index contributed by atoms with van der Waals surface area (Å²) in [7, 11) is 0. The monoisotopic (exact) mass is 440 g/mol. The van der Waals surface area contributed by atoms with Gasteiger partial charge in [-0.1, -0.05) is 6.42 Å². The Hall–Kier alpha value is -2.78. The number of hydrogen-bond donors (Lipinski definition) is 1. The van der Waals surface area contributed by atoms with Crippen molar-refractivity contribution in [2.75, 3.05) is 63.2 Å². The van der Waals surface area contributed by atoms with Crippen LogP contribution in [-0.4, -0.2) is 79.1 Å². The Morgan fingerprint density at radius 2 is 2.09 bits per heavy atom. The third-order valence-corrected chi connectivity index (χ3v) is 5.83. The molecule has 0 radical (unpaired) electrons. The zero-order valence-corrected chi connectivity index (χ0v) is 18.8. The molecule has 32 heavy (non-hydrogen) atoms. The van der Waals surface area contributed by atoms with Gasteiger partial charge in [0, 0.05) is 38.9 Å². The second-order valence-corrected chi connectivity index (χ2v) is 8.11. The predicted octanol–water partition coefficient (Wildman–Crippen LogP) is 2.56. The number of fused-ring (bicyclic) bond motifs is 3. The number of anilines is 2. The zero-order chi connectivity index (χ0) is 22.3. The third kappa shape index (κ3) is 5.16. The van der Waals surface area contributed by atoms with Gasteiger partial charge in [0.05, 0.1) is 43.3 Å². The van der Waals surface area contributed by atoms with Crippen LogP contribution in [0.1, 0.15) is 32.6 Å². The van der Waals surface area contributed by atoms with E-state index in [1.165, 1.54) is 0 Å². The van der Waals surface area contributed by atoms with Gasteiger partial charge in [-0.25, -0.2) is 9.98 Å². The number of ether oxygens (including phenoxy) is 2. The number of nitrogens with two attached hydrogens (primary N) is 1. The summed E-state index contributed by atoms with van der Waals surface area (Å²) in [6.07, 6.45) is 5.19. The first-order valence-electron chi connectivity index (χ1n) is 11.5. The average molecular weight is 441 g/mol. The van der Waals surface area contributed by atoms with Crippen molar-refractivity contribution >= 4 is 39.8 Å². The quantitative estimate of drug-likeness (QED) is 0.597. The van der Waals surface area contributed by atoms with Gasteiger partial charge in [0.1, 0.15) is 11.2 Å². The Morgan fingerprint density at radius 1 is 1.25 bits per heavy atom. The molecule has 1 saturated heterocycles. The van der Waals surface area contributed by atoms with Crippen molar-refractivity contribution in [2.24, 2.45) is 4.99 Å². The molecule has 0 saturated carbocycles. The number of nitrogen functional groups attached to an aromatic ring is 1. The van der Waals surface area contributed by atoms with Crippen molar-refractivity contribution in [3.63, 3.8) is 0 Å². The van der Waals surface area contributed by atoms with Gasteiger partial charge in [0.2, 0.25) is 5.91 Å². The van der Waals surface area contributed by atoms with E-state index >= 15 is 0 Å². The van der Waals surface area contributed by atoms with Crippen molar-refractivity contribution in [1.82, 2.24) is 14.9 Å². The van der Waals surface area contributed by atoms with Crippen LogP contribution in [0, 0.1) is 0 Å². The van der Waals surface area contributed by atoms with Gasteiger partial charge < -0.3 is 25.0 Å². The molecule has 172 valence electrons. The van der Waals surface area contributed by atoms with Crippen molar-refractivity contribution in [3.8, 4) is 0 Å². The lowest BCUT2D eigenvalue weighted by Gasteiger charge is -2.31. The molecule has 1 amide bonds. The summed E-state index contributed by atoms with van der Waals surface area (Å²) in [5.74, 6) is 0.645. The fourth-order valence-corrected chi connectivity index (χ4v) is 4.20. The average Bonchev–Trinajstić information content (AvgIpc) is 2.83. The number of amides is 1. The van der Waals surface area contributed by atoms with Gasteiger partial charge in [-0.2, -0.15) is 0 Å². The Morgan fingerprint density at radius 3 is 2.91 bits per heavy atom. The van der Waals surface area contributed by atoms with E-state index < -0.39 is 0 Å². The van der Waals surface area contributed by atoms with E-state index in [9.17, 15) is 4.79 Å². The number of hydrogen-bond acceptors (Lipinski definition) is 8. The minimum atomic E-state index is 0.233. The summed E-state index contributed by atoms with van der Waals surface area (Å²) in [5, 5.41) is 0. The molecule has 1 fully saturated rings. The molecule has 2 N–H and O–H groups in total. The fraction of sp³-hybridized carbons (Fsp3) is 0.565. The molecule has 0 spiro atoms. The lowest BCUT2D eigenvalue weighted by atomic mass is 10.1. The number of carbonyl (C=O) groups excluding carboxylic acids is 1. The normalized spacial score (nSPS) is 16.2. The van der Waals surface area contributed by atoms with Crippen molar-refractivity contribution in [2.45, 2.75) is 32.6 Å². The molecule has 0 atom stereocenters. The van der Waals surface area contributed by atoms with Crippen LogP contribution in [0.15, 0.2) is 23.3 Å². The molecule has 4 rings (SSSR count). The SMILES string of the molecule is CCOCC1=Nc2c(N)nc3cccnc3c2N(CCCCCC(=O)N2CCOCC2)C1. The van der Waals surface area contributed by atoms with Crippen molar-refractivity contribution in [1.29, 1.82) is 0 Å². The second kappa shape index (κ2) is 10.7. The van der Waals surface area contributed by atoms with E-state index in [4.69, 9.17) is 20.2 Å². The molecule has 0 bridgehead atoms. The van der Waals surface area contributed by atoms with E-state index in [2.05, 4.69) is 14.9 Å². The van der Waals surface area contributed by atoms with E-state index in [-0.39, 0.29) is 5.91 Å². The Kier molecular flexibility index (Phi) is 7.49. The minimum absolute atomic E-state index is 0.233. The molecule has 0 unspecified atom stereocenters. The van der Waals surface area contributed by atoms with Crippen molar-refractivity contribution < 1.29 is 14.3 Å². The maximum absolute atomic E-state index is 12.4. The van der Waals surface area contributed by atoms with E-state index in [0.29, 0.717) is 64.0 Å². The van der Waals surface area contributed by atoms with E-state index in [1.54, 1.807) is 6.20 Å². The lowest BCUT2D eigenvalue weighted by Crippen LogP contribution is -2.40. The number of carbonyl (C=O) groups is 1. The van der Waals surface area contributed by atoms with E-state index in [1.807, 2.05) is 24.0 Å². The zero-order valence-electron chi connectivity index (χ0n) is 18.8. The summed E-state index contributed by atoms with van der Waals surface area (Å²) in [6, 6.07) is 3.79. The Bertz CT molecular complexity index is 974. The van der Waals surface area contributed by atoms with Crippen molar-refractivity contribution in [3.05, 3.63) is 18.3 Å². The van der Waals surface area contributed by atoms with Gasteiger partial charge in [0.15, 0.2) is 5.82 Å². The fourth-order valence-electron chi connectivity index (χ4n) is 4.20. The number of nitrogens with zero attached hydrogens (tertiary/aromatic N) is 5. The summed E-state index contributed by atoms with van der Waals surface area (Å²) in [4.78, 5) is 30.4.